The number of carbonyl (C=O) groups excluding carboxylic acids is 1. The zero-order chi connectivity index (χ0) is 19.6. The van der Waals surface area contributed by atoms with Crippen molar-refractivity contribution in [3.63, 3.8) is 0 Å². The maximum atomic E-state index is 12.1. The molecule has 9 nitrogen and oxygen atoms in total. The lowest BCUT2D eigenvalue weighted by Crippen LogP contribution is -2.26. The first kappa shape index (κ1) is 19.6. The Labute approximate surface area is 143 Å². The number of ether oxygens (including phenoxy) is 1. The minimum atomic E-state index is -5.11. The molecule has 0 amide bonds. The lowest BCUT2D eigenvalue weighted by Gasteiger charge is -2.19. The van der Waals surface area contributed by atoms with E-state index in [9.17, 15) is 38.8 Å². The van der Waals surface area contributed by atoms with Crippen molar-refractivity contribution < 1.29 is 22.5 Å². The van der Waals surface area contributed by atoms with Gasteiger partial charge in [0.15, 0.2) is 5.75 Å². The number of nitriles is 4. The average molecular weight is 358 g/mol. The van der Waals surface area contributed by atoms with E-state index >= 15 is 0 Å². The van der Waals surface area contributed by atoms with Crippen molar-refractivity contribution in [2.75, 3.05) is 0 Å². The summed E-state index contributed by atoms with van der Waals surface area (Å²) >= 11 is 0. The predicted octanol–water partition coefficient (Wildman–Crippen LogP) is 1.37. The third-order valence-electron chi connectivity index (χ3n) is 2.92. The fourth-order valence-electron chi connectivity index (χ4n) is 1.74. The second-order valence-corrected chi connectivity index (χ2v) is 7.08. The topological polar surface area (TPSA) is 176 Å². The minimum absolute atomic E-state index is 0.703. The minimum Gasteiger partial charge on any atom is -0.423 e. The summed E-state index contributed by atoms with van der Waals surface area (Å²) in [5.74, 6) is -1.58. The van der Waals surface area contributed by atoms with Crippen LogP contribution < -0.4 is 4.74 Å². The van der Waals surface area contributed by atoms with E-state index in [-0.39, 0.29) is 0 Å². The van der Waals surface area contributed by atoms with Crippen LogP contribution in [-0.4, -0.2) is 18.9 Å². The van der Waals surface area contributed by atoms with E-state index in [1.165, 1.54) is 45.0 Å². The second-order valence-electron chi connectivity index (χ2n) is 5.72. The molecule has 0 bridgehead atoms. The Morgan fingerprint density at radius 3 is 1.52 bits per heavy atom. The van der Waals surface area contributed by atoms with Crippen LogP contribution in [0.3, 0.4) is 0 Å². The monoisotopic (exact) mass is 358 g/mol. The fourth-order valence-corrected chi connectivity index (χ4v) is 2.55. The van der Waals surface area contributed by atoms with Gasteiger partial charge in [-0.25, -0.2) is 0 Å². The van der Waals surface area contributed by atoms with Crippen molar-refractivity contribution in [1.82, 2.24) is 0 Å². The molecule has 0 fully saturated rings. The highest BCUT2D eigenvalue weighted by Gasteiger charge is 2.34. The van der Waals surface area contributed by atoms with Gasteiger partial charge in [-0.1, -0.05) is 0 Å². The third-order valence-corrected chi connectivity index (χ3v) is 3.84. The molecule has 10 heteroatoms. The molecule has 0 atom stereocenters. The van der Waals surface area contributed by atoms with Crippen LogP contribution in [0.2, 0.25) is 0 Å². The number of benzene rings is 1. The first-order chi connectivity index (χ1) is 11.4. The Balaban J connectivity index is 4.12. The molecule has 0 aliphatic heterocycles. The number of hydrogen-bond acceptors (Lipinski definition) is 8. The summed E-state index contributed by atoms with van der Waals surface area (Å²) in [6.45, 7) is 4.45. The highest BCUT2D eigenvalue weighted by molar-refractivity contribution is 7.86. The summed E-state index contributed by atoms with van der Waals surface area (Å²) in [6.07, 6.45) is 0. The van der Waals surface area contributed by atoms with Crippen molar-refractivity contribution in [2.45, 2.75) is 25.7 Å². The predicted molar refractivity (Wildman–Crippen MR) is 80.2 cm³/mol. The van der Waals surface area contributed by atoms with Crippen LogP contribution in [0.5, 0.6) is 5.75 Å². The molecule has 0 aromatic heterocycles. The molecule has 1 rings (SSSR count). The van der Waals surface area contributed by atoms with Crippen LogP contribution >= 0.6 is 0 Å². The van der Waals surface area contributed by atoms with Gasteiger partial charge in [-0.15, -0.1) is 0 Å². The van der Waals surface area contributed by atoms with Crippen LogP contribution in [0.15, 0.2) is 4.90 Å². The van der Waals surface area contributed by atoms with Crippen molar-refractivity contribution in [2.24, 2.45) is 5.41 Å². The van der Waals surface area contributed by atoms with Crippen LogP contribution in [0.4, 0.5) is 0 Å². The van der Waals surface area contributed by atoms with E-state index in [2.05, 4.69) is 0 Å². The molecule has 25 heavy (non-hydrogen) atoms. The van der Waals surface area contributed by atoms with Crippen LogP contribution in [-0.2, 0) is 14.9 Å². The standard InChI is InChI=1S/C15H10N4O5S/c1-15(2,3)14(20)24-12-8(4-16)10(6-18)13(25(21,22)23)11(7-19)9(12)5-17/h1-3H3,(H,21,22,23). The quantitative estimate of drug-likeness (QED) is 0.464. The highest BCUT2D eigenvalue weighted by atomic mass is 32.2. The molecule has 1 aromatic carbocycles. The number of carbonyl (C=O) groups is 1. The molecule has 0 aliphatic rings. The molecular formula is C15H10N4O5S. The van der Waals surface area contributed by atoms with Gasteiger partial charge in [0.05, 0.1) is 16.5 Å². The van der Waals surface area contributed by atoms with Crippen molar-refractivity contribution in [3.05, 3.63) is 22.3 Å². The molecule has 1 aromatic rings. The van der Waals surface area contributed by atoms with Crippen molar-refractivity contribution in [3.8, 4) is 30.0 Å². The van der Waals surface area contributed by atoms with Gasteiger partial charge in [0.1, 0.15) is 40.3 Å². The van der Waals surface area contributed by atoms with Gasteiger partial charge in [-0.05, 0) is 20.8 Å². The van der Waals surface area contributed by atoms with E-state index in [0.717, 1.165) is 0 Å². The van der Waals surface area contributed by atoms with Crippen molar-refractivity contribution >= 4 is 16.1 Å². The number of esters is 1. The van der Waals surface area contributed by atoms with E-state index in [1.54, 1.807) is 0 Å². The smallest absolute Gasteiger partial charge is 0.316 e. The third kappa shape index (κ3) is 3.57. The summed E-state index contributed by atoms with van der Waals surface area (Å²) < 4.78 is 37.4. The molecule has 0 spiro atoms. The average Bonchev–Trinajstić information content (AvgIpc) is 2.50. The van der Waals surface area contributed by atoms with E-state index in [1.807, 2.05) is 0 Å². The van der Waals surface area contributed by atoms with Crippen LogP contribution in [0, 0.1) is 50.7 Å². The lowest BCUT2D eigenvalue weighted by atomic mass is 9.96. The molecule has 0 heterocycles. The zero-order valence-electron chi connectivity index (χ0n) is 13.3. The van der Waals surface area contributed by atoms with E-state index < -0.39 is 54.4 Å². The molecule has 126 valence electrons. The van der Waals surface area contributed by atoms with E-state index in [0.29, 0.717) is 0 Å². The summed E-state index contributed by atoms with van der Waals surface area (Å²) in [4.78, 5) is 10.9. The largest absolute Gasteiger partial charge is 0.423 e. The molecule has 1 N–H and O–H groups in total. The number of rotatable bonds is 2. The first-order valence-electron chi connectivity index (χ1n) is 6.48. The Kier molecular flexibility index (Phi) is 5.17. The summed E-state index contributed by atoms with van der Waals surface area (Å²) in [5.41, 5.74) is -4.33. The SMILES string of the molecule is CC(C)(C)C(=O)Oc1c(C#N)c(C#N)c(S(=O)(=O)O)c(C#N)c1C#N. The number of hydrogen-bond donors (Lipinski definition) is 1. The fraction of sp³-hybridized carbons (Fsp3) is 0.267. The van der Waals surface area contributed by atoms with Gasteiger partial charge in [-0.3, -0.25) is 9.35 Å². The Bertz CT molecular complexity index is 985. The first-order valence-corrected chi connectivity index (χ1v) is 7.92. The van der Waals surface area contributed by atoms with Gasteiger partial charge in [0, 0.05) is 0 Å². The normalized spacial score (nSPS) is 10.7. The molecule has 0 saturated carbocycles. The van der Waals surface area contributed by atoms with Gasteiger partial charge in [-0.2, -0.15) is 29.5 Å². The van der Waals surface area contributed by atoms with E-state index in [4.69, 9.17) is 4.74 Å². The van der Waals surface area contributed by atoms with Gasteiger partial charge in [0.25, 0.3) is 10.1 Å². The van der Waals surface area contributed by atoms with Gasteiger partial charge < -0.3 is 4.74 Å². The maximum absolute atomic E-state index is 12.1. The Morgan fingerprint density at radius 2 is 1.28 bits per heavy atom. The summed E-state index contributed by atoms with van der Waals surface area (Å²) in [6, 6.07) is 5.72. The molecule has 0 radical (unpaired) electrons. The molecule has 0 aliphatic carbocycles. The maximum Gasteiger partial charge on any atom is 0.316 e. The molecule has 0 saturated heterocycles. The Morgan fingerprint density at radius 1 is 0.920 bits per heavy atom. The van der Waals surface area contributed by atoms with Crippen molar-refractivity contribution in [1.29, 1.82) is 21.0 Å². The summed E-state index contributed by atoms with van der Waals surface area (Å²) in [7, 11) is -5.11. The Hall–Kier alpha value is -3.44. The number of nitrogens with zero attached hydrogens (tertiary/aromatic N) is 4. The van der Waals surface area contributed by atoms with Crippen LogP contribution in [0.25, 0.3) is 0 Å². The van der Waals surface area contributed by atoms with Crippen LogP contribution in [0.1, 0.15) is 43.0 Å². The lowest BCUT2D eigenvalue weighted by molar-refractivity contribution is -0.143. The van der Waals surface area contributed by atoms with Gasteiger partial charge >= 0.3 is 5.97 Å². The molecule has 0 unspecified atom stereocenters. The van der Waals surface area contributed by atoms with Gasteiger partial charge in [0.2, 0.25) is 0 Å². The zero-order valence-corrected chi connectivity index (χ0v) is 14.1. The highest BCUT2D eigenvalue weighted by Crippen LogP contribution is 2.36. The summed E-state index contributed by atoms with van der Waals surface area (Å²) in [5, 5.41) is 36.9. The molecular weight excluding hydrogens is 348 g/mol. The second kappa shape index (κ2) is 6.59.